The van der Waals surface area contributed by atoms with E-state index < -0.39 is 0 Å². The number of aromatic nitrogens is 1. The van der Waals surface area contributed by atoms with E-state index in [0.717, 1.165) is 34.9 Å². The number of methoxy groups -OCH3 is 1. The molecule has 3 N–H and O–H groups in total. The molecule has 0 radical (unpaired) electrons. The molecule has 7 heteroatoms. The molecule has 2 aliphatic rings. The van der Waals surface area contributed by atoms with Gasteiger partial charge in [0.25, 0.3) is 0 Å². The van der Waals surface area contributed by atoms with Crippen LogP contribution < -0.4 is 15.8 Å². The van der Waals surface area contributed by atoms with E-state index >= 15 is 0 Å². The zero-order valence-corrected chi connectivity index (χ0v) is 14.6. The number of ketones is 1. The molecule has 1 aromatic carbocycles. The molecular formula is C19H19N5O2. The number of nitrogens with zero attached hydrogens (tertiary/aromatic N) is 3. The Morgan fingerprint density at radius 2 is 2.19 bits per heavy atom. The average Bonchev–Trinajstić information content (AvgIpc) is 3.12. The summed E-state index contributed by atoms with van der Waals surface area (Å²) >= 11 is 0. The van der Waals surface area contributed by atoms with Crippen molar-refractivity contribution >= 4 is 23.1 Å². The summed E-state index contributed by atoms with van der Waals surface area (Å²) in [5.41, 5.74) is 8.89. The molecule has 3 heterocycles. The molecule has 4 rings (SSSR count). The number of benzene rings is 1. The number of amidine groups is 1. The number of carbonyl (C=O) groups is 1. The molecular weight excluding hydrogens is 330 g/mol. The van der Waals surface area contributed by atoms with Gasteiger partial charge in [0.2, 0.25) is 0 Å². The lowest BCUT2D eigenvalue weighted by Gasteiger charge is -2.32. The zero-order chi connectivity index (χ0) is 18.3. The Labute approximate surface area is 151 Å². The van der Waals surface area contributed by atoms with Crippen LogP contribution in [-0.2, 0) is 0 Å². The molecule has 0 spiro atoms. The number of nitrogen functional groups attached to an aromatic ring is 1. The number of anilines is 2. The third-order valence-electron chi connectivity index (χ3n) is 4.52. The lowest BCUT2D eigenvalue weighted by Crippen LogP contribution is -2.36. The lowest BCUT2D eigenvalue weighted by molar-refractivity contribution is 0.104. The van der Waals surface area contributed by atoms with Gasteiger partial charge in [0.05, 0.1) is 19.3 Å². The molecule has 0 aliphatic carbocycles. The number of hydrogen-bond donors (Lipinski definition) is 2. The van der Waals surface area contributed by atoms with Crippen LogP contribution >= 0.6 is 0 Å². The van der Waals surface area contributed by atoms with Gasteiger partial charge in [0.15, 0.2) is 5.78 Å². The molecule has 26 heavy (non-hydrogen) atoms. The fraction of sp³-hybridized carbons (Fsp3) is 0.211. The van der Waals surface area contributed by atoms with Crippen molar-refractivity contribution in [1.29, 1.82) is 0 Å². The molecule has 0 saturated carbocycles. The van der Waals surface area contributed by atoms with Crippen molar-refractivity contribution in [3.63, 3.8) is 0 Å². The van der Waals surface area contributed by atoms with Crippen LogP contribution in [0.3, 0.4) is 0 Å². The lowest BCUT2D eigenvalue weighted by atomic mass is 10.0. The minimum atomic E-state index is -0.152. The minimum absolute atomic E-state index is 0.152. The SMILES string of the molecule is COc1c(C)ccc2c1N/C(=C\C(=O)c1ccc(N)nc1)N1CCN=C21. The summed E-state index contributed by atoms with van der Waals surface area (Å²) in [6, 6.07) is 7.32. The van der Waals surface area contributed by atoms with E-state index in [1.54, 1.807) is 25.3 Å². The Morgan fingerprint density at radius 3 is 2.92 bits per heavy atom. The minimum Gasteiger partial charge on any atom is -0.494 e. The van der Waals surface area contributed by atoms with Gasteiger partial charge in [-0.25, -0.2) is 4.98 Å². The molecule has 2 aliphatic heterocycles. The monoisotopic (exact) mass is 349 g/mol. The van der Waals surface area contributed by atoms with Crippen LogP contribution in [0.5, 0.6) is 5.75 Å². The second-order valence-corrected chi connectivity index (χ2v) is 6.19. The maximum atomic E-state index is 12.7. The Hall–Kier alpha value is -3.35. The summed E-state index contributed by atoms with van der Waals surface area (Å²) in [4.78, 5) is 23.3. The first kappa shape index (κ1) is 16.1. The molecule has 0 bridgehead atoms. The van der Waals surface area contributed by atoms with Crippen molar-refractivity contribution in [3.05, 3.63) is 59.0 Å². The summed E-state index contributed by atoms with van der Waals surface area (Å²) in [5, 5.41) is 3.36. The largest absolute Gasteiger partial charge is 0.494 e. The second-order valence-electron chi connectivity index (χ2n) is 6.19. The number of fused-ring (bicyclic) bond motifs is 3. The van der Waals surface area contributed by atoms with E-state index in [2.05, 4.69) is 15.3 Å². The molecule has 0 atom stereocenters. The molecule has 0 fully saturated rings. The molecule has 1 aromatic heterocycles. The Morgan fingerprint density at radius 1 is 1.35 bits per heavy atom. The van der Waals surface area contributed by atoms with E-state index in [9.17, 15) is 4.79 Å². The van der Waals surface area contributed by atoms with Gasteiger partial charge in [0.1, 0.15) is 23.2 Å². The number of nitrogens with one attached hydrogen (secondary N) is 1. The van der Waals surface area contributed by atoms with Gasteiger partial charge in [0, 0.05) is 29.9 Å². The number of aliphatic imine (C=N–C) groups is 1. The smallest absolute Gasteiger partial charge is 0.191 e. The van der Waals surface area contributed by atoms with Gasteiger partial charge >= 0.3 is 0 Å². The van der Waals surface area contributed by atoms with Crippen molar-refractivity contribution in [2.45, 2.75) is 6.92 Å². The first-order valence-corrected chi connectivity index (χ1v) is 8.33. The standard InChI is InChI=1S/C19H19N5O2/c1-11-3-5-13-17(18(11)26-2)23-16(24-8-7-21-19(13)24)9-14(25)12-4-6-15(20)22-10-12/h3-6,9-10,23H,7-8H2,1-2H3,(H2,20,22)/b16-9+. The van der Waals surface area contributed by atoms with E-state index in [1.165, 1.54) is 6.20 Å². The Bertz CT molecular complexity index is 947. The summed E-state index contributed by atoms with van der Waals surface area (Å²) in [5.74, 6) is 2.52. The van der Waals surface area contributed by atoms with E-state index in [-0.39, 0.29) is 5.78 Å². The predicted octanol–water partition coefficient (Wildman–Crippen LogP) is 2.19. The predicted molar refractivity (Wildman–Crippen MR) is 101 cm³/mol. The number of hydrogen-bond acceptors (Lipinski definition) is 7. The van der Waals surface area contributed by atoms with Crippen molar-refractivity contribution in [2.75, 3.05) is 31.2 Å². The fourth-order valence-electron chi connectivity index (χ4n) is 3.24. The van der Waals surface area contributed by atoms with Crippen LogP contribution in [0.2, 0.25) is 0 Å². The third-order valence-corrected chi connectivity index (χ3v) is 4.52. The topological polar surface area (TPSA) is 92.8 Å². The average molecular weight is 349 g/mol. The van der Waals surface area contributed by atoms with Gasteiger partial charge in [-0.05, 0) is 30.7 Å². The van der Waals surface area contributed by atoms with E-state index in [1.807, 2.05) is 24.0 Å². The normalized spacial score (nSPS) is 16.6. The van der Waals surface area contributed by atoms with Crippen molar-refractivity contribution < 1.29 is 9.53 Å². The number of pyridine rings is 1. The van der Waals surface area contributed by atoms with Gasteiger partial charge in [-0.15, -0.1) is 0 Å². The maximum Gasteiger partial charge on any atom is 0.191 e. The summed E-state index contributed by atoms with van der Waals surface area (Å²) in [6.07, 6.45) is 3.05. The van der Waals surface area contributed by atoms with Crippen LogP contribution in [0.15, 0.2) is 47.4 Å². The van der Waals surface area contributed by atoms with Crippen LogP contribution in [0.1, 0.15) is 21.5 Å². The number of allylic oxidation sites excluding steroid dienone is 1. The highest BCUT2D eigenvalue weighted by molar-refractivity contribution is 6.11. The molecule has 2 aromatic rings. The summed E-state index contributed by atoms with van der Waals surface area (Å²) in [7, 11) is 1.64. The molecule has 132 valence electrons. The molecule has 0 amide bonds. The first-order chi connectivity index (χ1) is 12.6. The number of rotatable bonds is 3. The first-order valence-electron chi connectivity index (χ1n) is 8.33. The molecule has 0 saturated heterocycles. The van der Waals surface area contributed by atoms with Crippen LogP contribution in [0, 0.1) is 6.92 Å². The number of aryl methyl sites for hydroxylation is 1. The molecule has 0 unspecified atom stereocenters. The highest BCUT2D eigenvalue weighted by atomic mass is 16.5. The van der Waals surface area contributed by atoms with Crippen molar-refractivity contribution in [1.82, 2.24) is 9.88 Å². The quantitative estimate of drug-likeness (QED) is 0.652. The number of nitrogens with two attached hydrogens (primary N) is 1. The Balaban J connectivity index is 1.77. The van der Waals surface area contributed by atoms with Gasteiger partial charge in [-0.3, -0.25) is 9.79 Å². The number of carbonyl (C=O) groups excluding carboxylic acids is 1. The highest BCUT2D eigenvalue weighted by Crippen LogP contribution is 2.38. The third kappa shape index (κ3) is 2.57. The van der Waals surface area contributed by atoms with Crippen LogP contribution in [0.25, 0.3) is 0 Å². The van der Waals surface area contributed by atoms with Gasteiger partial charge in [-0.2, -0.15) is 0 Å². The van der Waals surface area contributed by atoms with E-state index in [0.29, 0.717) is 23.7 Å². The maximum absolute atomic E-state index is 12.7. The highest BCUT2D eigenvalue weighted by Gasteiger charge is 2.32. The van der Waals surface area contributed by atoms with E-state index in [4.69, 9.17) is 10.5 Å². The summed E-state index contributed by atoms with van der Waals surface area (Å²) < 4.78 is 5.57. The number of ether oxygens (including phenoxy) is 1. The van der Waals surface area contributed by atoms with Crippen LogP contribution in [0.4, 0.5) is 11.5 Å². The van der Waals surface area contributed by atoms with Crippen molar-refractivity contribution in [3.8, 4) is 5.75 Å². The fourth-order valence-corrected chi connectivity index (χ4v) is 3.24. The zero-order valence-electron chi connectivity index (χ0n) is 14.6. The van der Waals surface area contributed by atoms with Gasteiger partial charge < -0.3 is 20.7 Å². The van der Waals surface area contributed by atoms with Crippen molar-refractivity contribution in [2.24, 2.45) is 4.99 Å². The molecule has 7 nitrogen and oxygen atoms in total. The van der Waals surface area contributed by atoms with Crippen LogP contribution in [-0.4, -0.2) is 41.7 Å². The second kappa shape index (κ2) is 6.18. The van der Waals surface area contributed by atoms with Gasteiger partial charge in [-0.1, -0.05) is 6.07 Å². The Kier molecular flexibility index (Phi) is 3.84. The summed E-state index contributed by atoms with van der Waals surface area (Å²) in [6.45, 7) is 3.39.